The van der Waals surface area contributed by atoms with Gasteiger partial charge in [-0.2, -0.15) is 0 Å². The van der Waals surface area contributed by atoms with E-state index in [4.69, 9.17) is 10.6 Å². The van der Waals surface area contributed by atoms with Gasteiger partial charge in [-0.15, -0.1) is 10.2 Å². The molecule has 8 heteroatoms. The topological polar surface area (TPSA) is 95.1 Å². The maximum atomic E-state index is 13.4. The molecule has 0 aliphatic heterocycles. The van der Waals surface area contributed by atoms with Crippen molar-refractivity contribution in [1.82, 2.24) is 14.9 Å². The van der Waals surface area contributed by atoms with Crippen molar-refractivity contribution in [3.63, 3.8) is 0 Å². The van der Waals surface area contributed by atoms with Gasteiger partial charge in [0.2, 0.25) is 11.1 Å². The van der Waals surface area contributed by atoms with Gasteiger partial charge < -0.3 is 15.9 Å². The maximum Gasteiger partial charge on any atom is 0.242 e. The fourth-order valence-electron chi connectivity index (χ4n) is 3.37. The number of thioether (sulfide) groups is 1. The molecule has 3 aromatic carbocycles. The van der Waals surface area contributed by atoms with E-state index in [1.165, 1.54) is 16.4 Å². The number of nitrogen functional groups attached to an aromatic ring is 1. The number of rotatable bonds is 7. The summed E-state index contributed by atoms with van der Waals surface area (Å²) < 4.78 is 6.62. The molecule has 0 bridgehead atoms. The van der Waals surface area contributed by atoms with E-state index in [1.54, 1.807) is 7.11 Å². The Labute approximate surface area is 197 Å². The van der Waals surface area contributed by atoms with Crippen LogP contribution in [0.15, 0.2) is 78.0 Å². The van der Waals surface area contributed by atoms with Crippen LogP contribution >= 0.6 is 11.8 Å². The number of nitrogens with zero attached hydrogens (tertiary/aromatic N) is 3. The van der Waals surface area contributed by atoms with Crippen LogP contribution in [0, 0.1) is 13.8 Å². The Balaban J connectivity index is 1.63. The number of carbonyl (C=O) groups is 1. The van der Waals surface area contributed by atoms with Gasteiger partial charge in [0.05, 0.1) is 7.11 Å². The second-order valence-corrected chi connectivity index (χ2v) is 8.69. The third-order valence-electron chi connectivity index (χ3n) is 5.23. The van der Waals surface area contributed by atoms with E-state index >= 15 is 0 Å². The third kappa shape index (κ3) is 5.01. The highest BCUT2D eigenvalue weighted by Crippen LogP contribution is 2.36. The Kier molecular flexibility index (Phi) is 6.65. The third-order valence-corrected chi connectivity index (χ3v) is 6.44. The molecule has 1 amide bonds. The zero-order chi connectivity index (χ0) is 23.4. The molecule has 0 saturated carbocycles. The van der Waals surface area contributed by atoms with Gasteiger partial charge in [-0.25, -0.2) is 4.68 Å². The molecule has 0 aliphatic rings. The van der Waals surface area contributed by atoms with Gasteiger partial charge in [0.1, 0.15) is 11.0 Å². The van der Waals surface area contributed by atoms with Crippen molar-refractivity contribution >= 4 is 23.4 Å². The van der Waals surface area contributed by atoms with Gasteiger partial charge in [-0.1, -0.05) is 54.2 Å². The fourth-order valence-corrected chi connectivity index (χ4v) is 4.33. The number of nitrogens with two attached hydrogens (primary N) is 1. The van der Waals surface area contributed by atoms with Gasteiger partial charge in [0.25, 0.3) is 0 Å². The number of hydrogen-bond acceptors (Lipinski definition) is 6. The molecule has 0 saturated heterocycles. The first-order valence-electron chi connectivity index (χ1n) is 10.4. The molecule has 3 N–H and O–H groups in total. The quantitative estimate of drug-likeness (QED) is 0.306. The number of benzene rings is 3. The predicted molar refractivity (Wildman–Crippen MR) is 132 cm³/mol. The normalized spacial score (nSPS) is 11.7. The number of aryl methyl sites for hydroxylation is 2. The van der Waals surface area contributed by atoms with Crippen LogP contribution in [0.2, 0.25) is 0 Å². The lowest BCUT2D eigenvalue weighted by atomic mass is 10.1. The van der Waals surface area contributed by atoms with E-state index in [2.05, 4.69) is 15.5 Å². The molecule has 7 nitrogen and oxygen atoms in total. The summed E-state index contributed by atoms with van der Waals surface area (Å²) in [6, 6.07) is 22.9. The summed E-state index contributed by atoms with van der Waals surface area (Å²) in [6.07, 6.45) is 0. The minimum Gasteiger partial charge on any atom is -0.497 e. The van der Waals surface area contributed by atoms with Crippen LogP contribution in [0.4, 0.5) is 5.69 Å². The largest absolute Gasteiger partial charge is 0.497 e. The highest BCUT2D eigenvalue weighted by atomic mass is 32.2. The highest BCUT2D eigenvalue weighted by molar-refractivity contribution is 8.00. The number of nitrogens with one attached hydrogen (secondary N) is 1. The second-order valence-electron chi connectivity index (χ2n) is 7.62. The van der Waals surface area contributed by atoms with Crippen molar-refractivity contribution in [3.05, 3.63) is 89.5 Å². The van der Waals surface area contributed by atoms with Gasteiger partial charge in [-0.3, -0.25) is 4.79 Å². The van der Waals surface area contributed by atoms with E-state index < -0.39 is 5.25 Å². The Bertz CT molecular complexity index is 1260. The SMILES string of the molecule is COc1ccc(-c2nnc(SC(C(=O)Nc3cc(C)ccc3C)c3ccccc3)n2N)cc1. The zero-order valence-corrected chi connectivity index (χ0v) is 19.5. The molecule has 168 valence electrons. The first-order valence-corrected chi connectivity index (χ1v) is 11.3. The highest BCUT2D eigenvalue weighted by Gasteiger charge is 2.26. The first-order chi connectivity index (χ1) is 16.0. The Morgan fingerprint density at radius 1 is 1.03 bits per heavy atom. The van der Waals surface area contributed by atoms with Crippen molar-refractivity contribution in [1.29, 1.82) is 0 Å². The van der Waals surface area contributed by atoms with Crippen molar-refractivity contribution in [2.75, 3.05) is 18.3 Å². The van der Waals surface area contributed by atoms with Gasteiger partial charge >= 0.3 is 0 Å². The summed E-state index contributed by atoms with van der Waals surface area (Å²) in [5.74, 6) is 7.42. The van der Waals surface area contributed by atoms with Crippen molar-refractivity contribution in [2.45, 2.75) is 24.3 Å². The summed E-state index contributed by atoms with van der Waals surface area (Å²) in [5, 5.41) is 11.4. The van der Waals surface area contributed by atoms with Gasteiger partial charge in [0, 0.05) is 11.3 Å². The summed E-state index contributed by atoms with van der Waals surface area (Å²) in [5.41, 5.74) is 4.50. The molecular formula is C25H25N5O2S. The maximum absolute atomic E-state index is 13.4. The summed E-state index contributed by atoms with van der Waals surface area (Å²) in [7, 11) is 1.61. The number of anilines is 1. The number of aromatic nitrogens is 3. The molecule has 1 aromatic heterocycles. The molecule has 33 heavy (non-hydrogen) atoms. The predicted octanol–water partition coefficient (Wildman–Crippen LogP) is 4.76. The molecule has 0 fully saturated rings. The Morgan fingerprint density at radius 2 is 1.76 bits per heavy atom. The monoisotopic (exact) mass is 459 g/mol. The molecule has 0 aliphatic carbocycles. The first kappa shape index (κ1) is 22.4. The number of ether oxygens (including phenoxy) is 1. The van der Waals surface area contributed by atoms with Crippen molar-refractivity contribution < 1.29 is 9.53 Å². The lowest BCUT2D eigenvalue weighted by Crippen LogP contribution is -2.21. The minimum atomic E-state index is -0.568. The average molecular weight is 460 g/mol. The van der Waals surface area contributed by atoms with E-state index in [9.17, 15) is 4.79 Å². The average Bonchev–Trinajstić information content (AvgIpc) is 3.20. The molecule has 1 atom stereocenters. The van der Waals surface area contributed by atoms with E-state index in [0.29, 0.717) is 11.0 Å². The van der Waals surface area contributed by atoms with Crippen molar-refractivity contribution in [3.8, 4) is 17.1 Å². The van der Waals surface area contributed by atoms with Crippen LogP contribution in [0.25, 0.3) is 11.4 Å². The fraction of sp³-hybridized carbons (Fsp3) is 0.160. The Hall–Kier alpha value is -3.78. The van der Waals surface area contributed by atoms with Crippen LogP contribution in [0.5, 0.6) is 5.75 Å². The summed E-state index contributed by atoms with van der Waals surface area (Å²) in [4.78, 5) is 13.4. The zero-order valence-electron chi connectivity index (χ0n) is 18.6. The van der Waals surface area contributed by atoms with Crippen LogP contribution in [-0.4, -0.2) is 27.9 Å². The Morgan fingerprint density at radius 3 is 2.45 bits per heavy atom. The minimum absolute atomic E-state index is 0.158. The summed E-state index contributed by atoms with van der Waals surface area (Å²) >= 11 is 1.26. The second kappa shape index (κ2) is 9.79. The van der Waals surface area contributed by atoms with Gasteiger partial charge in [0.15, 0.2) is 5.82 Å². The molecule has 1 heterocycles. The van der Waals surface area contributed by atoms with Crippen LogP contribution < -0.4 is 15.9 Å². The number of carbonyl (C=O) groups excluding carboxylic acids is 1. The van der Waals surface area contributed by atoms with Crippen LogP contribution in [0.1, 0.15) is 21.9 Å². The van der Waals surface area contributed by atoms with E-state index in [1.807, 2.05) is 86.6 Å². The lowest BCUT2D eigenvalue weighted by molar-refractivity contribution is -0.115. The lowest BCUT2D eigenvalue weighted by Gasteiger charge is -2.17. The molecular weight excluding hydrogens is 434 g/mol. The van der Waals surface area contributed by atoms with Gasteiger partial charge in [-0.05, 0) is 60.9 Å². The van der Waals surface area contributed by atoms with Crippen molar-refractivity contribution in [2.24, 2.45) is 0 Å². The van der Waals surface area contributed by atoms with Crippen LogP contribution in [-0.2, 0) is 4.79 Å². The standard InChI is InChI=1S/C25H25N5O2S/c1-16-9-10-17(2)21(15-16)27-24(31)22(18-7-5-4-6-8-18)33-25-29-28-23(30(25)26)19-11-13-20(32-3)14-12-19/h4-15,22H,26H2,1-3H3,(H,27,31). The number of hydrogen-bond donors (Lipinski definition) is 2. The molecule has 1 unspecified atom stereocenters. The van der Waals surface area contributed by atoms with Crippen LogP contribution in [0.3, 0.4) is 0 Å². The van der Waals surface area contributed by atoms with E-state index in [0.717, 1.165) is 33.7 Å². The molecule has 4 aromatic rings. The molecule has 0 spiro atoms. The molecule has 0 radical (unpaired) electrons. The summed E-state index contributed by atoms with van der Waals surface area (Å²) in [6.45, 7) is 3.97. The number of amides is 1. The van der Waals surface area contributed by atoms with E-state index in [-0.39, 0.29) is 5.91 Å². The number of methoxy groups -OCH3 is 1. The smallest absolute Gasteiger partial charge is 0.242 e. The molecule has 4 rings (SSSR count).